The summed E-state index contributed by atoms with van der Waals surface area (Å²) in [5.41, 5.74) is 0. The van der Waals surface area contributed by atoms with Gasteiger partial charge in [0, 0.05) is 39.0 Å². The summed E-state index contributed by atoms with van der Waals surface area (Å²) in [5, 5.41) is 19.6. The lowest BCUT2D eigenvalue weighted by atomic mass is 9.79. The zero-order chi connectivity index (χ0) is 16.4. The van der Waals surface area contributed by atoms with Crippen molar-refractivity contribution in [2.24, 2.45) is 11.8 Å². The minimum atomic E-state index is -0.652. The zero-order valence-electron chi connectivity index (χ0n) is 13.7. The van der Waals surface area contributed by atoms with Gasteiger partial charge in [0.15, 0.2) is 0 Å². The lowest BCUT2D eigenvalue weighted by Crippen LogP contribution is -2.38. The highest BCUT2D eigenvalue weighted by molar-refractivity contribution is 5.79. The Morgan fingerprint density at radius 3 is 2.35 bits per heavy atom. The van der Waals surface area contributed by atoms with E-state index in [2.05, 4.69) is 0 Å². The van der Waals surface area contributed by atoms with Crippen LogP contribution >= 0.6 is 0 Å². The molecule has 6 nitrogen and oxygen atoms in total. The highest BCUT2D eigenvalue weighted by atomic mass is 16.3. The summed E-state index contributed by atoms with van der Waals surface area (Å²) in [5.74, 6) is 0.881. The average Bonchev–Trinajstić information content (AvgIpc) is 2.81. The molecule has 3 rings (SSSR count). The molecule has 2 aliphatic heterocycles. The summed E-state index contributed by atoms with van der Waals surface area (Å²) < 4.78 is 0. The molecule has 0 radical (unpaired) electrons. The Hall–Kier alpha value is -1.14. The molecule has 2 amide bonds. The molecule has 0 bridgehead atoms. The van der Waals surface area contributed by atoms with Gasteiger partial charge in [0.1, 0.15) is 0 Å². The topological polar surface area (TPSA) is 81.1 Å². The van der Waals surface area contributed by atoms with Crippen LogP contribution < -0.4 is 0 Å². The van der Waals surface area contributed by atoms with E-state index in [1.165, 1.54) is 0 Å². The second-order valence-corrected chi connectivity index (χ2v) is 7.37. The molecule has 3 aliphatic rings. The van der Waals surface area contributed by atoms with Gasteiger partial charge in [-0.05, 0) is 37.5 Å². The van der Waals surface area contributed by atoms with Gasteiger partial charge in [-0.2, -0.15) is 0 Å². The number of aliphatic hydroxyl groups excluding tert-OH is 2. The molecule has 6 heteroatoms. The Labute approximate surface area is 137 Å². The molecule has 0 aromatic rings. The van der Waals surface area contributed by atoms with Crippen LogP contribution in [-0.4, -0.2) is 70.2 Å². The molecule has 0 aromatic heterocycles. The molecular weight excluding hydrogens is 296 g/mol. The molecule has 2 heterocycles. The van der Waals surface area contributed by atoms with Gasteiger partial charge in [-0.3, -0.25) is 9.59 Å². The quantitative estimate of drug-likeness (QED) is 0.786. The Bertz CT molecular complexity index is 438. The molecule has 2 saturated heterocycles. The first-order valence-corrected chi connectivity index (χ1v) is 8.96. The maximum atomic E-state index is 12.4. The number of carbonyl (C=O) groups is 2. The fourth-order valence-electron chi connectivity index (χ4n) is 4.27. The summed E-state index contributed by atoms with van der Waals surface area (Å²) >= 11 is 0. The van der Waals surface area contributed by atoms with Gasteiger partial charge in [0.2, 0.25) is 11.8 Å². The Morgan fingerprint density at radius 1 is 1.04 bits per heavy atom. The third-order valence-electron chi connectivity index (χ3n) is 5.73. The van der Waals surface area contributed by atoms with Crippen LogP contribution in [-0.2, 0) is 9.59 Å². The highest BCUT2D eigenvalue weighted by Gasteiger charge is 2.42. The van der Waals surface area contributed by atoms with Crippen molar-refractivity contribution in [1.82, 2.24) is 9.80 Å². The van der Waals surface area contributed by atoms with Crippen molar-refractivity contribution in [2.45, 2.75) is 57.2 Å². The van der Waals surface area contributed by atoms with Crippen LogP contribution in [0.4, 0.5) is 0 Å². The second kappa shape index (κ2) is 7.18. The van der Waals surface area contributed by atoms with Crippen molar-refractivity contribution in [3.8, 4) is 0 Å². The Balaban J connectivity index is 1.48. The van der Waals surface area contributed by atoms with E-state index < -0.39 is 12.2 Å². The smallest absolute Gasteiger partial charge is 0.224 e. The summed E-state index contributed by atoms with van der Waals surface area (Å²) in [6, 6.07) is 0. The first-order chi connectivity index (χ1) is 11.0. The minimum absolute atomic E-state index is 0.0976. The van der Waals surface area contributed by atoms with Crippen LogP contribution in [0.2, 0.25) is 0 Å². The number of rotatable bonds is 3. The second-order valence-electron chi connectivity index (χ2n) is 7.37. The number of carbonyl (C=O) groups excluding carboxylic acids is 2. The van der Waals surface area contributed by atoms with Gasteiger partial charge < -0.3 is 20.0 Å². The number of nitrogens with zero attached hydrogens (tertiary/aromatic N) is 2. The molecule has 23 heavy (non-hydrogen) atoms. The molecule has 0 unspecified atom stereocenters. The van der Waals surface area contributed by atoms with Crippen molar-refractivity contribution < 1.29 is 19.8 Å². The van der Waals surface area contributed by atoms with Crippen molar-refractivity contribution in [2.75, 3.05) is 26.2 Å². The summed E-state index contributed by atoms with van der Waals surface area (Å²) in [6.07, 6.45) is 3.94. The van der Waals surface area contributed by atoms with Gasteiger partial charge in [-0.15, -0.1) is 0 Å². The highest BCUT2D eigenvalue weighted by Crippen LogP contribution is 2.36. The number of hydrogen-bond donors (Lipinski definition) is 2. The normalized spacial score (nSPS) is 35.1. The average molecular weight is 324 g/mol. The first-order valence-electron chi connectivity index (χ1n) is 8.96. The summed E-state index contributed by atoms with van der Waals surface area (Å²) in [4.78, 5) is 28.1. The monoisotopic (exact) mass is 324 g/mol. The zero-order valence-corrected chi connectivity index (χ0v) is 13.7. The number of aliphatic hydroxyl groups is 2. The van der Waals surface area contributed by atoms with Crippen LogP contribution in [0, 0.1) is 11.8 Å². The molecule has 1 saturated carbocycles. The van der Waals surface area contributed by atoms with E-state index in [1.807, 2.05) is 9.80 Å². The third-order valence-corrected chi connectivity index (χ3v) is 5.73. The van der Waals surface area contributed by atoms with Crippen molar-refractivity contribution in [3.05, 3.63) is 0 Å². The number of hydrogen-bond acceptors (Lipinski definition) is 4. The van der Waals surface area contributed by atoms with Gasteiger partial charge >= 0.3 is 0 Å². The maximum absolute atomic E-state index is 12.4. The van der Waals surface area contributed by atoms with E-state index >= 15 is 0 Å². The SMILES string of the molecule is O=C1CCCCCN1CCC(=O)N1C[C@H]2C[C@H](O)[C@H](O)C[C@H]2C1. The minimum Gasteiger partial charge on any atom is -0.390 e. The molecular formula is C17H28N2O4. The van der Waals surface area contributed by atoms with Crippen LogP contribution in [0.1, 0.15) is 44.9 Å². The first kappa shape index (κ1) is 16.7. The third kappa shape index (κ3) is 3.86. The van der Waals surface area contributed by atoms with Gasteiger partial charge in [0.05, 0.1) is 12.2 Å². The van der Waals surface area contributed by atoms with E-state index in [-0.39, 0.29) is 11.8 Å². The van der Waals surface area contributed by atoms with Crippen molar-refractivity contribution in [3.63, 3.8) is 0 Å². The summed E-state index contributed by atoms with van der Waals surface area (Å²) in [6.45, 7) is 2.66. The number of amides is 2. The van der Waals surface area contributed by atoms with Crippen LogP contribution in [0.25, 0.3) is 0 Å². The van der Waals surface area contributed by atoms with Gasteiger partial charge in [0.25, 0.3) is 0 Å². The van der Waals surface area contributed by atoms with E-state index in [9.17, 15) is 19.8 Å². The molecule has 0 spiro atoms. The molecule has 1 aliphatic carbocycles. The lowest BCUT2D eigenvalue weighted by molar-refractivity contribution is -0.133. The van der Waals surface area contributed by atoms with Crippen LogP contribution in [0.15, 0.2) is 0 Å². The summed E-state index contributed by atoms with van der Waals surface area (Å²) in [7, 11) is 0. The van der Waals surface area contributed by atoms with Gasteiger partial charge in [-0.25, -0.2) is 0 Å². The van der Waals surface area contributed by atoms with Crippen LogP contribution in [0.5, 0.6) is 0 Å². The van der Waals surface area contributed by atoms with E-state index in [0.29, 0.717) is 57.2 Å². The number of likely N-dealkylation sites (tertiary alicyclic amines) is 2. The molecule has 0 aromatic carbocycles. The lowest BCUT2D eigenvalue weighted by Gasteiger charge is -2.31. The molecule has 2 N–H and O–H groups in total. The fraction of sp³-hybridized carbons (Fsp3) is 0.882. The van der Waals surface area contributed by atoms with Gasteiger partial charge in [-0.1, -0.05) is 6.42 Å². The molecule has 130 valence electrons. The van der Waals surface area contributed by atoms with Crippen molar-refractivity contribution >= 4 is 11.8 Å². The predicted octanol–water partition coefficient (Wildman–Crippen LogP) is 0.369. The van der Waals surface area contributed by atoms with E-state index in [1.54, 1.807) is 0 Å². The predicted molar refractivity (Wildman–Crippen MR) is 84.5 cm³/mol. The van der Waals surface area contributed by atoms with Crippen LogP contribution in [0.3, 0.4) is 0 Å². The Morgan fingerprint density at radius 2 is 1.70 bits per heavy atom. The van der Waals surface area contributed by atoms with Crippen molar-refractivity contribution in [1.29, 1.82) is 0 Å². The largest absolute Gasteiger partial charge is 0.390 e. The molecule has 3 fully saturated rings. The van der Waals surface area contributed by atoms with E-state index in [0.717, 1.165) is 25.8 Å². The standard InChI is InChI=1S/C17H28N2O4/c20-14-8-12-10-19(11-13(12)9-15(14)21)17(23)5-7-18-6-3-1-2-4-16(18)22/h12-15,20-21H,1-11H2/t12-,13+,14+,15-. The number of fused-ring (bicyclic) bond motifs is 1. The fourth-order valence-corrected chi connectivity index (χ4v) is 4.27. The maximum Gasteiger partial charge on any atom is 0.224 e. The van der Waals surface area contributed by atoms with E-state index in [4.69, 9.17) is 0 Å². The molecule has 4 atom stereocenters. The Kier molecular flexibility index (Phi) is 5.21.